The molecule has 1 rings (SSSR count). The Labute approximate surface area is 101 Å². The second kappa shape index (κ2) is 5.77. The molecule has 6 heteroatoms. The monoisotopic (exact) mass is 255 g/mol. The summed E-state index contributed by atoms with van der Waals surface area (Å²) in [5, 5.41) is 0.0628. The zero-order valence-electron chi connectivity index (χ0n) is 9.59. The van der Waals surface area contributed by atoms with Crippen LogP contribution in [0.3, 0.4) is 0 Å². The quantitative estimate of drug-likeness (QED) is 0.809. The van der Waals surface area contributed by atoms with E-state index in [1.807, 2.05) is 0 Å². The van der Waals surface area contributed by atoms with Crippen molar-refractivity contribution in [1.82, 2.24) is 4.98 Å². The molecule has 0 spiro atoms. The fourth-order valence-electron chi connectivity index (χ4n) is 1.25. The summed E-state index contributed by atoms with van der Waals surface area (Å²) in [7, 11) is -3.28. The van der Waals surface area contributed by atoms with Gasteiger partial charge in [-0.2, -0.15) is 0 Å². The van der Waals surface area contributed by atoms with E-state index in [-0.39, 0.29) is 23.1 Å². The highest BCUT2D eigenvalue weighted by Gasteiger charge is 2.13. The smallest absolute Gasteiger partial charge is 0.217 e. The average molecular weight is 255 g/mol. The molecule has 1 amide bonds. The molecule has 0 aliphatic rings. The summed E-state index contributed by atoms with van der Waals surface area (Å²) in [5.41, 5.74) is 5.74. The Balaban J connectivity index is 2.76. The molecule has 0 aromatic carbocycles. The van der Waals surface area contributed by atoms with Gasteiger partial charge in [-0.15, -0.1) is 0 Å². The van der Waals surface area contributed by atoms with E-state index in [1.54, 1.807) is 19.4 Å². The van der Waals surface area contributed by atoms with Gasteiger partial charge in [0, 0.05) is 12.6 Å². The van der Waals surface area contributed by atoms with Crippen molar-refractivity contribution in [2.75, 3.05) is 5.75 Å². The van der Waals surface area contributed by atoms with E-state index in [2.05, 4.69) is 4.98 Å². The molecular formula is C11H15N2O3S. The van der Waals surface area contributed by atoms with Crippen molar-refractivity contribution in [2.24, 2.45) is 5.73 Å². The molecule has 1 aromatic rings. The second-order valence-electron chi connectivity index (χ2n) is 3.54. The van der Waals surface area contributed by atoms with E-state index in [0.29, 0.717) is 6.42 Å². The second-order valence-corrected chi connectivity index (χ2v) is 5.77. The van der Waals surface area contributed by atoms with Gasteiger partial charge in [0.05, 0.1) is 5.75 Å². The molecule has 1 heterocycles. The molecule has 0 bridgehead atoms. The van der Waals surface area contributed by atoms with Crippen molar-refractivity contribution in [3.05, 3.63) is 30.3 Å². The van der Waals surface area contributed by atoms with E-state index in [0.717, 1.165) is 5.56 Å². The van der Waals surface area contributed by atoms with Gasteiger partial charge in [0.15, 0.2) is 14.9 Å². The first-order valence-corrected chi connectivity index (χ1v) is 6.91. The zero-order valence-corrected chi connectivity index (χ0v) is 10.4. The lowest BCUT2D eigenvalue weighted by atomic mass is 10.1. The summed E-state index contributed by atoms with van der Waals surface area (Å²) in [6, 6.07) is 3.19. The lowest BCUT2D eigenvalue weighted by Gasteiger charge is -2.03. The summed E-state index contributed by atoms with van der Waals surface area (Å²) in [6.45, 7) is 1.57. The number of carbonyl (C=O) groups excluding carboxylic acids is 1. The minimum absolute atomic E-state index is 0.0186. The van der Waals surface area contributed by atoms with Crippen molar-refractivity contribution < 1.29 is 13.2 Å². The van der Waals surface area contributed by atoms with Gasteiger partial charge in [0.1, 0.15) is 0 Å². The molecule has 17 heavy (non-hydrogen) atoms. The third-order valence-corrected chi connectivity index (χ3v) is 3.85. The fourth-order valence-corrected chi connectivity index (χ4v) is 2.08. The van der Waals surface area contributed by atoms with E-state index in [9.17, 15) is 13.2 Å². The molecule has 0 saturated carbocycles. The molecule has 1 radical (unpaired) electrons. The fraction of sp³-hybridized carbons (Fsp3) is 0.364. The third-order valence-electron chi connectivity index (χ3n) is 2.23. The molecule has 0 unspecified atom stereocenters. The van der Waals surface area contributed by atoms with E-state index >= 15 is 0 Å². The normalized spacial score (nSPS) is 11.4. The molecule has 0 atom stereocenters. The highest BCUT2D eigenvalue weighted by Crippen LogP contribution is 2.13. The third kappa shape index (κ3) is 4.14. The van der Waals surface area contributed by atoms with Gasteiger partial charge in [-0.05, 0) is 30.5 Å². The Morgan fingerprint density at radius 2 is 2.24 bits per heavy atom. The van der Waals surface area contributed by atoms with E-state index in [1.165, 1.54) is 12.3 Å². The van der Waals surface area contributed by atoms with Gasteiger partial charge >= 0.3 is 0 Å². The van der Waals surface area contributed by atoms with Gasteiger partial charge < -0.3 is 5.73 Å². The van der Waals surface area contributed by atoms with Crippen LogP contribution in [0.2, 0.25) is 0 Å². The summed E-state index contributed by atoms with van der Waals surface area (Å²) in [6.07, 6.45) is 3.95. The van der Waals surface area contributed by atoms with Crippen molar-refractivity contribution >= 4 is 15.7 Å². The van der Waals surface area contributed by atoms with Crippen LogP contribution in [0.1, 0.15) is 25.3 Å². The Bertz CT molecular complexity index is 497. The predicted molar refractivity (Wildman–Crippen MR) is 63.8 cm³/mol. The molecule has 0 saturated heterocycles. The Morgan fingerprint density at radius 1 is 1.53 bits per heavy atom. The van der Waals surface area contributed by atoms with Crippen LogP contribution in [0, 0.1) is 6.42 Å². The van der Waals surface area contributed by atoms with Crippen LogP contribution in [0.15, 0.2) is 23.4 Å². The maximum absolute atomic E-state index is 11.6. The molecule has 2 N–H and O–H groups in total. The van der Waals surface area contributed by atoms with Gasteiger partial charge in [-0.3, -0.25) is 4.79 Å². The molecule has 0 aliphatic carbocycles. The summed E-state index contributed by atoms with van der Waals surface area (Å²) >= 11 is 0. The number of rotatable bonds is 6. The molecule has 0 aliphatic heterocycles. The number of primary amides is 1. The number of hydrogen-bond donors (Lipinski definition) is 1. The molecule has 5 nitrogen and oxygen atoms in total. The average Bonchev–Trinajstić information content (AvgIpc) is 2.29. The first kappa shape index (κ1) is 13.6. The molecule has 93 valence electrons. The van der Waals surface area contributed by atoms with Crippen molar-refractivity contribution in [2.45, 2.75) is 24.8 Å². The number of nitrogens with two attached hydrogens (primary N) is 1. The van der Waals surface area contributed by atoms with Gasteiger partial charge in [-0.1, -0.05) is 6.92 Å². The van der Waals surface area contributed by atoms with Crippen LogP contribution in [0.25, 0.3) is 0 Å². The number of hydrogen-bond acceptors (Lipinski definition) is 4. The predicted octanol–water partition coefficient (Wildman–Crippen LogP) is 0.693. The Kier molecular flexibility index (Phi) is 4.62. The van der Waals surface area contributed by atoms with Crippen LogP contribution in [-0.4, -0.2) is 25.1 Å². The minimum atomic E-state index is -3.28. The Hall–Kier alpha value is -1.43. The standard InChI is InChI=1S/C11H15N2O3S/c1-2-17(15,16)11-8-9(6-7-13-11)4-3-5-10(12)14/h4,6-8H,2-3,5H2,1H3,(H2,12,14). The molecular weight excluding hydrogens is 240 g/mol. The van der Waals surface area contributed by atoms with Crippen molar-refractivity contribution in [3.63, 3.8) is 0 Å². The lowest BCUT2D eigenvalue weighted by Crippen LogP contribution is -2.10. The van der Waals surface area contributed by atoms with Crippen LogP contribution in [0.4, 0.5) is 0 Å². The SMILES string of the molecule is CCS(=O)(=O)c1cc([CH]CCC(N)=O)ccn1. The maximum atomic E-state index is 11.6. The zero-order chi connectivity index (χ0) is 12.9. The highest BCUT2D eigenvalue weighted by atomic mass is 32.2. The lowest BCUT2D eigenvalue weighted by molar-refractivity contribution is -0.117. The molecule has 0 fully saturated rings. The number of amides is 1. The van der Waals surface area contributed by atoms with Crippen LogP contribution >= 0.6 is 0 Å². The van der Waals surface area contributed by atoms with E-state index in [4.69, 9.17) is 5.73 Å². The summed E-state index contributed by atoms with van der Waals surface area (Å²) in [4.78, 5) is 14.4. The minimum Gasteiger partial charge on any atom is -0.370 e. The van der Waals surface area contributed by atoms with Crippen LogP contribution in [0.5, 0.6) is 0 Å². The summed E-state index contributed by atoms with van der Waals surface area (Å²) < 4.78 is 23.2. The maximum Gasteiger partial charge on any atom is 0.217 e. The number of pyridine rings is 1. The van der Waals surface area contributed by atoms with Crippen LogP contribution < -0.4 is 5.73 Å². The number of carbonyl (C=O) groups is 1. The largest absolute Gasteiger partial charge is 0.370 e. The number of nitrogens with zero attached hydrogens (tertiary/aromatic N) is 1. The van der Waals surface area contributed by atoms with Crippen molar-refractivity contribution in [1.29, 1.82) is 0 Å². The number of sulfone groups is 1. The van der Waals surface area contributed by atoms with Gasteiger partial charge in [-0.25, -0.2) is 13.4 Å². The van der Waals surface area contributed by atoms with Gasteiger partial charge in [0.25, 0.3) is 0 Å². The van der Waals surface area contributed by atoms with Gasteiger partial charge in [0.2, 0.25) is 5.91 Å². The molecule has 1 aromatic heterocycles. The van der Waals surface area contributed by atoms with Crippen molar-refractivity contribution in [3.8, 4) is 0 Å². The summed E-state index contributed by atoms with van der Waals surface area (Å²) in [5.74, 6) is -0.359. The highest BCUT2D eigenvalue weighted by molar-refractivity contribution is 7.91. The van der Waals surface area contributed by atoms with Crippen LogP contribution in [-0.2, 0) is 14.6 Å². The Morgan fingerprint density at radius 3 is 2.82 bits per heavy atom. The van der Waals surface area contributed by atoms with E-state index < -0.39 is 9.84 Å². The first-order chi connectivity index (χ1) is 7.95. The first-order valence-electron chi connectivity index (χ1n) is 5.26. The topological polar surface area (TPSA) is 90.1 Å². The number of aromatic nitrogens is 1.